The smallest absolute Gasteiger partial charge is 0.405 e. The van der Waals surface area contributed by atoms with Crippen LogP contribution >= 0.6 is 38.5 Å². The fourth-order valence-electron chi connectivity index (χ4n) is 13.3. The standard InChI is InChI=1S/C22H22N4O.C21H26BN3O3.C15H14IN3O.C12H24B2O4.C7H8BrN/c1-11-7-8-23-12(2)19(11)17-9-16(20-13(3)26-27-14(20)4)10-18-21(17)25-22(24-18)15-5-6-15;1-11-17(12(2)26-25-11)14-9-15(22-27-20(3,4)21(5,6)28-22)18-16(10-14)23-19(24-18)13-7-8-13;1-7-13(8(2)20-19-7)10-5-11(16)14-12(6-10)17-15(18-14)9-3-4-9;1-9(2)10(3,4)16-13(15-9)14-17-11(5,6)12(7,8)18-14;1-5-3-4-9-6(2)7(5)8/h7-10,15H,5-6H2,1-4H3,(H,24,25);9-10,13H,7-8H2,1-6H3,(H,23,24);5-6,9H,3-4H2,1-2H3,(H,17,18);1-8H3;3-4H,1-2H3. The van der Waals surface area contributed by atoms with E-state index in [-0.39, 0.29) is 22.4 Å². The van der Waals surface area contributed by atoms with Crippen molar-refractivity contribution in [2.45, 2.75) is 242 Å². The number of nitrogens with zero attached hydrogens (tertiary/aromatic N) is 8. The third-order valence-corrected chi connectivity index (χ3v) is 23.8. The molecular formula is C77H94B3BrIN11O9. The van der Waals surface area contributed by atoms with Gasteiger partial charge in [0.05, 0.1) is 84.0 Å². The maximum atomic E-state index is 6.36. The molecule has 0 unspecified atom stereocenters. The summed E-state index contributed by atoms with van der Waals surface area (Å²) in [6.07, 6.45) is 11.0. The van der Waals surface area contributed by atoms with Crippen molar-refractivity contribution >= 4 is 98.2 Å². The van der Waals surface area contributed by atoms with Crippen molar-refractivity contribution in [3.05, 3.63) is 143 Å². The van der Waals surface area contributed by atoms with Crippen molar-refractivity contribution in [3.8, 4) is 44.5 Å². The lowest BCUT2D eigenvalue weighted by Crippen LogP contribution is -2.41. The van der Waals surface area contributed by atoms with Crippen molar-refractivity contribution in [2.75, 3.05) is 0 Å². The van der Waals surface area contributed by atoms with Crippen LogP contribution in [0.15, 0.2) is 79.0 Å². The number of fused-ring (bicyclic) bond motifs is 3. The first-order valence-electron chi connectivity index (χ1n) is 35.5. The highest BCUT2D eigenvalue weighted by Gasteiger charge is 2.64. The lowest BCUT2D eigenvalue weighted by molar-refractivity contribution is 0.00578. The van der Waals surface area contributed by atoms with Crippen LogP contribution in [-0.4, -0.2) is 110 Å². The Hall–Kier alpha value is -6.84. The minimum Gasteiger partial charge on any atom is -0.405 e. The zero-order chi connectivity index (χ0) is 73.2. The highest BCUT2D eigenvalue weighted by Crippen LogP contribution is 2.47. The SMILES string of the molecule is CC1(C)OB(B2OC(C)(C)C(C)(C)O2)OC1(C)C.Cc1ccnc(C)c1-c1cc(-c2c(C)noc2C)cc2[nH]c(C3CC3)nc12.Cc1ccnc(C)c1Br.Cc1noc(C)c1-c1cc(B2OC(C)(C)C(C)(C)O2)c2nc(C3CC3)[nH]c2c1.Cc1noc(C)c1-c1cc(I)c2nc(C3CC3)[nH]c2c1. The van der Waals surface area contributed by atoms with E-state index >= 15 is 0 Å². The molecule has 0 radical (unpaired) electrons. The number of hydrogen-bond donors (Lipinski definition) is 3. The molecule has 3 saturated carbocycles. The molecular weight excluding hydrogens is 1460 g/mol. The van der Waals surface area contributed by atoms with Gasteiger partial charge in [-0.2, -0.15) is 0 Å². The molecule has 534 valence electrons. The van der Waals surface area contributed by atoms with Crippen LogP contribution in [0.25, 0.3) is 77.6 Å². The molecule has 11 heterocycles. The second-order valence-corrected chi connectivity index (χ2v) is 33.4. The molecule has 102 heavy (non-hydrogen) atoms. The van der Waals surface area contributed by atoms with E-state index in [1.165, 1.54) is 53.2 Å². The Kier molecular flexibility index (Phi) is 19.6. The van der Waals surface area contributed by atoms with Gasteiger partial charge >= 0.3 is 21.1 Å². The Morgan fingerprint density at radius 2 is 0.765 bits per heavy atom. The summed E-state index contributed by atoms with van der Waals surface area (Å²) in [5, 5.41) is 12.3. The van der Waals surface area contributed by atoms with Gasteiger partial charge in [0.2, 0.25) is 0 Å². The second-order valence-electron chi connectivity index (χ2n) is 31.5. The number of aromatic amines is 3. The molecule has 0 amide bonds. The van der Waals surface area contributed by atoms with E-state index in [0.717, 1.165) is 151 Å². The van der Waals surface area contributed by atoms with Gasteiger partial charge in [-0.1, -0.05) is 21.5 Å². The maximum Gasteiger partial charge on any atom is 0.497 e. The van der Waals surface area contributed by atoms with Crippen LogP contribution in [-0.2, 0) is 27.9 Å². The third-order valence-electron chi connectivity index (χ3n) is 21.8. The number of nitrogens with one attached hydrogen (secondary N) is 3. The maximum absolute atomic E-state index is 6.36. The summed E-state index contributed by atoms with van der Waals surface area (Å²) < 4.78 is 55.0. The van der Waals surface area contributed by atoms with E-state index in [2.05, 4.69) is 170 Å². The number of imidazole rings is 3. The van der Waals surface area contributed by atoms with Gasteiger partial charge in [0.25, 0.3) is 0 Å². The molecule has 17 rings (SSSR count). The van der Waals surface area contributed by atoms with Crippen molar-refractivity contribution in [1.82, 2.24) is 55.3 Å². The lowest BCUT2D eigenvalue weighted by Gasteiger charge is -2.32. The zero-order valence-electron chi connectivity index (χ0n) is 63.0. The van der Waals surface area contributed by atoms with Gasteiger partial charge in [0.1, 0.15) is 40.3 Å². The molecule has 3 aliphatic carbocycles. The highest BCUT2D eigenvalue weighted by atomic mass is 127. The molecule has 6 fully saturated rings. The third kappa shape index (κ3) is 14.4. The van der Waals surface area contributed by atoms with Crippen molar-refractivity contribution < 1.29 is 41.5 Å². The normalized spacial score (nSPS) is 19.0. The summed E-state index contributed by atoms with van der Waals surface area (Å²) in [6, 6.07) is 17.0. The van der Waals surface area contributed by atoms with Gasteiger partial charge in [-0.05, 0) is 300 Å². The van der Waals surface area contributed by atoms with Crippen LogP contribution in [0.3, 0.4) is 0 Å². The van der Waals surface area contributed by atoms with E-state index in [4.69, 9.17) is 56.4 Å². The number of halogens is 2. The van der Waals surface area contributed by atoms with Crippen molar-refractivity contribution in [3.63, 3.8) is 0 Å². The number of benzene rings is 3. The highest BCUT2D eigenvalue weighted by molar-refractivity contribution is 14.1. The van der Waals surface area contributed by atoms with Crippen LogP contribution in [0, 0.1) is 72.8 Å². The molecule has 3 saturated heterocycles. The predicted octanol–water partition coefficient (Wildman–Crippen LogP) is 18.4. The molecule has 0 atom stereocenters. The first-order chi connectivity index (χ1) is 47.9. The minimum absolute atomic E-state index is 0.360. The monoisotopic (exact) mass is 1560 g/mol. The molecule has 3 N–H and O–H groups in total. The van der Waals surface area contributed by atoms with E-state index < -0.39 is 32.3 Å². The number of H-pyrrole nitrogens is 3. The zero-order valence-corrected chi connectivity index (χ0v) is 66.7. The van der Waals surface area contributed by atoms with Crippen LogP contribution in [0.2, 0.25) is 0 Å². The molecule has 8 aromatic heterocycles. The lowest BCUT2D eigenvalue weighted by atomic mass is 9.49. The van der Waals surface area contributed by atoms with E-state index in [1.54, 1.807) is 0 Å². The Balaban J connectivity index is 0.000000118. The van der Waals surface area contributed by atoms with Crippen LogP contribution < -0.4 is 5.46 Å². The number of hydrogen-bond acceptors (Lipinski definition) is 17. The van der Waals surface area contributed by atoms with Gasteiger partial charge in [-0.3, -0.25) is 9.97 Å². The molecule has 0 spiro atoms. The first-order valence-corrected chi connectivity index (χ1v) is 37.4. The summed E-state index contributed by atoms with van der Waals surface area (Å²) >= 11 is 5.77. The second kappa shape index (κ2) is 27.3. The Labute approximate surface area is 620 Å². The predicted molar refractivity (Wildman–Crippen MR) is 414 cm³/mol. The Morgan fingerprint density at radius 1 is 0.412 bits per heavy atom. The quantitative estimate of drug-likeness (QED) is 0.0898. The average Bonchev–Trinajstić information content (AvgIpc) is 1.66. The molecule has 25 heteroatoms. The summed E-state index contributed by atoms with van der Waals surface area (Å²) in [5.41, 5.74) is 20.8. The van der Waals surface area contributed by atoms with Gasteiger partial charge in [0.15, 0.2) is 0 Å². The topological polar surface area (TPSA) is 245 Å². The van der Waals surface area contributed by atoms with Gasteiger partial charge in [-0.25, -0.2) is 15.0 Å². The Bertz CT molecular complexity index is 4810. The largest absolute Gasteiger partial charge is 0.497 e. The molecule has 11 aromatic rings. The van der Waals surface area contributed by atoms with Crippen molar-refractivity contribution in [1.29, 1.82) is 0 Å². The number of aryl methyl sites for hydroxylation is 10. The average molecular weight is 1560 g/mol. The van der Waals surface area contributed by atoms with E-state index in [0.29, 0.717) is 17.8 Å². The number of aromatic nitrogens is 11. The van der Waals surface area contributed by atoms with Gasteiger partial charge in [0, 0.05) is 77.2 Å². The number of pyridine rings is 2. The summed E-state index contributed by atoms with van der Waals surface area (Å²) in [5.74, 6) is 7.54. The fourth-order valence-corrected chi connectivity index (χ4v) is 14.3. The first kappa shape index (κ1) is 73.5. The van der Waals surface area contributed by atoms with Crippen LogP contribution in [0.4, 0.5) is 0 Å². The van der Waals surface area contributed by atoms with Gasteiger partial charge in [-0.15, -0.1) is 0 Å². The van der Waals surface area contributed by atoms with Gasteiger partial charge < -0.3 is 56.4 Å². The van der Waals surface area contributed by atoms with Crippen LogP contribution in [0.1, 0.15) is 214 Å². The van der Waals surface area contributed by atoms with Crippen molar-refractivity contribution in [2.24, 2.45) is 0 Å². The molecule has 0 bridgehead atoms. The van der Waals surface area contributed by atoms with E-state index in [1.807, 2.05) is 122 Å². The summed E-state index contributed by atoms with van der Waals surface area (Å²) in [6.45, 7) is 44.5. The molecule has 6 aliphatic rings. The molecule has 20 nitrogen and oxygen atoms in total. The van der Waals surface area contributed by atoms with E-state index in [9.17, 15) is 0 Å². The molecule has 3 aliphatic heterocycles. The summed E-state index contributed by atoms with van der Waals surface area (Å²) in [7, 11) is -1.42. The summed E-state index contributed by atoms with van der Waals surface area (Å²) in [4.78, 5) is 33.8. The Morgan fingerprint density at radius 3 is 1.15 bits per heavy atom. The van der Waals surface area contributed by atoms with Crippen LogP contribution in [0.5, 0.6) is 0 Å². The fraction of sp³-hybridized carbons (Fsp3) is 0.481. The minimum atomic E-state index is -0.476. The molecule has 3 aromatic carbocycles. The number of rotatable bonds is 9.